The van der Waals surface area contributed by atoms with Gasteiger partial charge < -0.3 is 0 Å². The van der Waals surface area contributed by atoms with E-state index in [-0.39, 0.29) is 0 Å². The van der Waals surface area contributed by atoms with Gasteiger partial charge in [-0.05, 0) is 90.3 Å². The minimum atomic E-state index is 1.01. The van der Waals surface area contributed by atoms with E-state index in [9.17, 15) is 0 Å². The number of rotatable bonds is 1. The van der Waals surface area contributed by atoms with Gasteiger partial charge in [0.05, 0.1) is 0 Å². The van der Waals surface area contributed by atoms with E-state index in [1.165, 1.54) is 78.0 Å². The van der Waals surface area contributed by atoms with Crippen LogP contribution in [-0.2, 0) is 19.9 Å². The van der Waals surface area contributed by atoms with Crippen molar-refractivity contribution in [3.63, 3.8) is 0 Å². The number of aromatic nitrogens is 1. The van der Waals surface area contributed by atoms with Gasteiger partial charge in [-0.15, -0.1) is 0 Å². The Morgan fingerprint density at radius 1 is 0.645 bits per heavy atom. The second-order valence-electron chi connectivity index (χ2n) is 9.57. The first-order chi connectivity index (χ1) is 14.9. The minimum absolute atomic E-state index is 1.01. The summed E-state index contributed by atoms with van der Waals surface area (Å²) in [7, 11) is 2.19. The summed E-state index contributed by atoms with van der Waals surface area (Å²) in [4.78, 5) is 0. The number of nitrogens with zero attached hydrogens (tertiary/aromatic N) is 1. The second-order valence-corrected chi connectivity index (χ2v) is 9.57. The quantitative estimate of drug-likeness (QED) is 0.274. The van der Waals surface area contributed by atoms with E-state index in [4.69, 9.17) is 0 Å². The number of hydrogen-bond acceptors (Lipinski definition) is 0. The average molecular weight is 403 g/mol. The summed E-state index contributed by atoms with van der Waals surface area (Å²) < 4.78 is 2.32. The maximum Gasteiger partial charge on any atom is 0.216 e. The fourth-order valence-electron chi connectivity index (χ4n) is 5.83. The van der Waals surface area contributed by atoms with Crippen LogP contribution in [0.4, 0.5) is 0 Å². The summed E-state index contributed by atoms with van der Waals surface area (Å²) in [6.45, 7) is 8.91. The van der Waals surface area contributed by atoms with Crippen LogP contribution in [0.15, 0.2) is 54.7 Å². The van der Waals surface area contributed by atoms with Gasteiger partial charge in [-0.25, -0.2) is 4.57 Å². The van der Waals surface area contributed by atoms with Crippen molar-refractivity contribution in [3.05, 3.63) is 99.2 Å². The van der Waals surface area contributed by atoms with Crippen molar-refractivity contribution in [2.75, 3.05) is 0 Å². The summed E-state index contributed by atoms with van der Waals surface area (Å²) in [6.07, 6.45) is 4.32. The zero-order chi connectivity index (χ0) is 21.4. The Morgan fingerprint density at radius 2 is 1.32 bits per heavy atom. The van der Waals surface area contributed by atoms with Gasteiger partial charge in [0.25, 0.3) is 0 Å². The van der Waals surface area contributed by atoms with E-state index >= 15 is 0 Å². The second kappa shape index (κ2) is 6.40. The van der Waals surface area contributed by atoms with Crippen molar-refractivity contribution in [3.8, 4) is 33.5 Å². The van der Waals surface area contributed by atoms with Gasteiger partial charge in [-0.2, -0.15) is 0 Å². The molecule has 152 valence electrons. The van der Waals surface area contributed by atoms with Gasteiger partial charge in [0.1, 0.15) is 7.05 Å². The molecule has 0 N–H and O–H groups in total. The van der Waals surface area contributed by atoms with E-state index in [1.807, 2.05) is 0 Å². The molecule has 0 atom stereocenters. The van der Waals surface area contributed by atoms with E-state index in [1.54, 1.807) is 0 Å². The van der Waals surface area contributed by atoms with Crippen molar-refractivity contribution >= 4 is 0 Å². The molecule has 0 fully saturated rings. The lowest BCUT2D eigenvalue weighted by Crippen LogP contribution is -2.32. The van der Waals surface area contributed by atoms with Crippen LogP contribution in [0.2, 0.25) is 0 Å². The molecule has 0 bridgehead atoms. The predicted molar refractivity (Wildman–Crippen MR) is 128 cm³/mol. The van der Waals surface area contributed by atoms with Crippen LogP contribution in [0, 0.1) is 27.7 Å². The molecule has 0 spiro atoms. The zero-order valence-corrected chi connectivity index (χ0v) is 19.1. The van der Waals surface area contributed by atoms with Crippen LogP contribution in [0.3, 0.4) is 0 Å². The zero-order valence-electron chi connectivity index (χ0n) is 19.1. The van der Waals surface area contributed by atoms with Crippen molar-refractivity contribution in [2.24, 2.45) is 7.05 Å². The number of fused-ring (bicyclic) bond motifs is 7. The van der Waals surface area contributed by atoms with Gasteiger partial charge in [-0.3, -0.25) is 0 Å². The third-order valence-electron chi connectivity index (χ3n) is 7.43. The van der Waals surface area contributed by atoms with Crippen LogP contribution in [0.5, 0.6) is 0 Å². The van der Waals surface area contributed by atoms with Crippen molar-refractivity contribution in [1.29, 1.82) is 0 Å². The highest BCUT2D eigenvalue weighted by atomic mass is 14.9. The van der Waals surface area contributed by atoms with Crippen LogP contribution < -0.4 is 4.57 Å². The lowest BCUT2D eigenvalue weighted by molar-refractivity contribution is -0.660. The predicted octanol–water partition coefficient (Wildman–Crippen LogP) is 6.55. The van der Waals surface area contributed by atoms with E-state index < -0.39 is 0 Å². The van der Waals surface area contributed by atoms with Crippen molar-refractivity contribution in [2.45, 2.75) is 40.5 Å². The molecular formula is C30H28N+. The molecular weight excluding hydrogens is 374 g/mol. The van der Waals surface area contributed by atoms with Crippen LogP contribution >= 0.6 is 0 Å². The molecule has 0 saturated carbocycles. The van der Waals surface area contributed by atoms with Crippen LogP contribution in [0.1, 0.15) is 44.5 Å². The molecule has 1 nitrogen and oxygen atoms in total. The van der Waals surface area contributed by atoms with Gasteiger partial charge in [0.15, 0.2) is 6.20 Å². The Bertz CT molecular complexity index is 1420. The summed E-state index contributed by atoms with van der Waals surface area (Å²) in [6, 6.07) is 18.7. The molecule has 1 heterocycles. The molecule has 0 amide bonds. The fraction of sp³-hybridized carbons (Fsp3) is 0.233. The van der Waals surface area contributed by atoms with E-state index in [0.29, 0.717) is 0 Å². The maximum absolute atomic E-state index is 2.39. The molecule has 1 aromatic heterocycles. The van der Waals surface area contributed by atoms with Crippen molar-refractivity contribution in [1.82, 2.24) is 0 Å². The Kier molecular flexibility index (Phi) is 3.84. The summed E-state index contributed by atoms with van der Waals surface area (Å²) in [5.41, 5.74) is 19.9. The summed E-state index contributed by atoms with van der Waals surface area (Å²) in [5, 5.41) is 0. The molecule has 2 aliphatic rings. The lowest BCUT2D eigenvalue weighted by atomic mass is 9.92. The van der Waals surface area contributed by atoms with Crippen LogP contribution in [-0.4, -0.2) is 0 Å². The first-order valence-corrected chi connectivity index (χ1v) is 11.3. The number of benzene rings is 3. The molecule has 2 aliphatic carbocycles. The molecule has 0 saturated heterocycles. The number of pyridine rings is 1. The minimum Gasteiger partial charge on any atom is -0.201 e. The Hall–Kier alpha value is -3.19. The molecule has 1 heteroatoms. The first kappa shape index (κ1) is 18.6. The van der Waals surface area contributed by atoms with Gasteiger partial charge >= 0.3 is 0 Å². The highest BCUT2D eigenvalue weighted by Crippen LogP contribution is 2.50. The first-order valence-electron chi connectivity index (χ1n) is 11.3. The molecule has 31 heavy (non-hydrogen) atoms. The third-order valence-corrected chi connectivity index (χ3v) is 7.43. The normalized spacial score (nSPS) is 13.1. The standard InChI is InChI=1S/C30H28N/c1-17-6-7-21-15-22-8-9-23-16-27-24(28(23)29(22)26(21)13-17)10-11-31(5)30(27)25-14-18(2)12-19(3)20(25)4/h6-14H,15-16H2,1-5H3/q+1. The third kappa shape index (κ3) is 2.59. The topological polar surface area (TPSA) is 3.88 Å². The Morgan fingerprint density at radius 3 is 2.13 bits per heavy atom. The van der Waals surface area contributed by atoms with E-state index in [0.717, 1.165) is 12.8 Å². The van der Waals surface area contributed by atoms with E-state index in [2.05, 4.69) is 94.0 Å². The maximum atomic E-state index is 2.39. The molecule has 0 unspecified atom stereocenters. The molecule has 4 aromatic rings. The smallest absolute Gasteiger partial charge is 0.201 e. The number of hydrogen-bond donors (Lipinski definition) is 0. The van der Waals surface area contributed by atoms with Crippen molar-refractivity contribution < 1.29 is 4.57 Å². The monoisotopic (exact) mass is 402 g/mol. The van der Waals surface area contributed by atoms with Gasteiger partial charge in [0.2, 0.25) is 5.69 Å². The van der Waals surface area contributed by atoms with Gasteiger partial charge in [-0.1, -0.05) is 47.5 Å². The summed E-state index contributed by atoms with van der Waals surface area (Å²) in [5.74, 6) is 0. The molecule has 0 aliphatic heterocycles. The SMILES string of the molecule is Cc1ccc2c(c1)-c1c(ccc3c1-c1cc[n+](C)c(-c4cc(C)cc(C)c4C)c1C3)C2. The lowest BCUT2D eigenvalue weighted by Gasteiger charge is -2.13. The molecule has 0 radical (unpaired) electrons. The number of aryl methyl sites for hydroxylation is 4. The summed E-state index contributed by atoms with van der Waals surface area (Å²) >= 11 is 0. The largest absolute Gasteiger partial charge is 0.216 e. The van der Waals surface area contributed by atoms with Crippen LogP contribution in [0.25, 0.3) is 33.5 Å². The average Bonchev–Trinajstić information content (AvgIpc) is 3.28. The Balaban J connectivity index is 1.65. The highest BCUT2D eigenvalue weighted by Gasteiger charge is 2.33. The van der Waals surface area contributed by atoms with Gasteiger partial charge in [0, 0.05) is 23.6 Å². The molecule has 6 rings (SSSR count). The highest BCUT2D eigenvalue weighted by molar-refractivity contribution is 5.96. The Labute approximate surface area is 185 Å². The molecule has 3 aromatic carbocycles. The fourth-order valence-corrected chi connectivity index (χ4v) is 5.83.